The van der Waals surface area contributed by atoms with E-state index in [1.807, 2.05) is 4.90 Å². The normalized spacial score (nSPS) is 22.1. The van der Waals surface area contributed by atoms with Crippen molar-refractivity contribution < 1.29 is 23.9 Å². The van der Waals surface area contributed by atoms with E-state index < -0.39 is 6.67 Å². The van der Waals surface area contributed by atoms with E-state index >= 15 is 0 Å². The van der Waals surface area contributed by atoms with Gasteiger partial charge in [-0.15, -0.1) is 0 Å². The first kappa shape index (κ1) is 23.6. The van der Waals surface area contributed by atoms with Gasteiger partial charge in [-0.25, -0.2) is 0 Å². The summed E-state index contributed by atoms with van der Waals surface area (Å²) >= 11 is 0. The number of nitrogens with zero attached hydrogens (tertiary/aromatic N) is 1. The van der Waals surface area contributed by atoms with Crippen molar-refractivity contribution in [3.63, 3.8) is 0 Å². The van der Waals surface area contributed by atoms with Crippen LogP contribution < -0.4 is 5.73 Å². The maximum Gasteiger partial charge on any atom is 0.290 e. The minimum absolute atomic E-state index is 0.00880. The summed E-state index contributed by atoms with van der Waals surface area (Å²) < 4.78 is 11.9. The lowest BCUT2D eigenvalue weighted by molar-refractivity contribution is -0.131. The quantitative estimate of drug-likeness (QED) is 0.753. The molecule has 2 unspecified atom stereocenters. The molecule has 23 heavy (non-hydrogen) atoms. The van der Waals surface area contributed by atoms with Crippen LogP contribution in [0.4, 0.5) is 4.39 Å². The number of hydrogen-bond acceptors (Lipinski definition) is 3. The minimum Gasteiger partial charge on any atom is -0.483 e. The molecule has 2 atom stereocenters. The minimum atomic E-state index is -0.520. The molecule has 1 saturated heterocycles. The molecule has 0 radical (unpaired) electrons. The summed E-state index contributed by atoms with van der Waals surface area (Å²) in [6.45, 7) is 11.9. The monoisotopic (exact) mass is 334 g/mol. The summed E-state index contributed by atoms with van der Waals surface area (Å²) in [4.78, 5) is 30.1. The SMILES string of the molecule is CC(C)C.CC1(C)C2CN(C(=O)CCF)CC21.NC=O.O=CO. The Hall–Kier alpha value is -1.66. The number of rotatable bonds is 2. The van der Waals surface area contributed by atoms with Crippen molar-refractivity contribution in [2.75, 3.05) is 19.8 Å². The van der Waals surface area contributed by atoms with Crippen molar-refractivity contribution in [1.82, 2.24) is 4.90 Å². The number of fused-ring (bicyclic) bond motifs is 1. The molecule has 2 rings (SSSR count). The topological polar surface area (TPSA) is 101 Å². The van der Waals surface area contributed by atoms with Crippen LogP contribution in [0.1, 0.15) is 41.0 Å². The standard InChI is InChI=1S/C10H16FNO.C4H10.CH3NO.CH2O2/c1-10(2)7-5-12(6-8(7)10)9(13)3-4-11;1-4(2)3;2*2-1-3/h7-8H,3-6H2,1-2H3;4H,1-3H3;1H,(H2,2,3);1H,(H,2,3). The zero-order chi connectivity index (χ0) is 18.6. The zero-order valence-corrected chi connectivity index (χ0v) is 14.8. The van der Waals surface area contributed by atoms with Gasteiger partial charge < -0.3 is 15.7 Å². The van der Waals surface area contributed by atoms with E-state index in [1.54, 1.807) is 0 Å². The fraction of sp³-hybridized carbons (Fsp3) is 0.812. The highest BCUT2D eigenvalue weighted by Crippen LogP contribution is 2.61. The van der Waals surface area contributed by atoms with Gasteiger partial charge in [-0.05, 0) is 23.2 Å². The van der Waals surface area contributed by atoms with Crippen LogP contribution in [0.2, 0.25) is 0 Å². The number of hydrogen-bond donors (Lipinski definition) is 2. The van der Waals surface area contributed by atoms with E-state index in [1.165, 1.54) is 0 Å². The third-order valence-corrected chi connectivity index (χ3v) is 3.78. The van der Waals surface area contributed by atoms with Gasteiger partial charge in [0, 0.05) is 13.1 Å². The first-order valence-corrected chi connectivity index (χ1v) is 7.70. The van der Waals surface area contributed by atoms with Gasteiger partial charge in [0.2, 0.25) is 12.3 Å². The fourth-order valence-electron chi connectivity index (χ4n) is 2.57. The highest BCUT2D eigenvalue weighted by Gasteiger charge is 2.62. The molecule has 136 valence electrons. The number of carbonyl (C=O) groups is 3. The van der Waals surface area contributed by atoms with Gasteiger partial charge in [0.25, 0.3) is 6.47 Å². The molecule has 0 aromatic carbocycles. The van der Waals surface area contributed by atoms with Crippen molar-refractivity contribution in [2.24, 2.45) is 28.9 Å². The predicted octanol–water partition coefficient (Wildman–Crippen LogP) is 1.93. The van der Waals surface area contributed by atoms with Crippen LogP contribution in [0.25, 0.3) is 0 Å². The van der Waals surface area contributed by atoms with Crippen LogP contribution in [-0.4, -0.2) is 48.6 Å². The van der Waals surface area contributed by atoms with E-state index in [0.717, 1.165) is 19.0 Å². The average Bonchev–Trinajstić information content (AvgIpc) is 2.79. The number of piperidine rings is 1. The van der Waals surface area contributed by atoms with Crippen LogP contribution >= 0.6 is 0 Å². The molecule has 7 heteroatoms. The third-order valence-electron chi connectivity index (χ3n) is 3.78. The second kappa shape index (κ2) is 11.8. The summed E-state index contributed by atoms with van der Waals surface area (Å²) in [6.07, 6.45) is 0.319. The Balaban J connectivity index is 0. The van der Waals surface area contributed by atoms with E-state index in [2.05, 4.69) is 40.4 Å². The van der Waals surface area contributed by atoms with Gasteiger partial charge in [0.15, 0.2) is 0 Å². The molecule has 1 saturated carbocycles. The summed E-state index contributed by atoms with van der Waals surface area (Å²) in [5, 5.41) is 6.89. The number of carboxylic acid groups (broad SMARTS) is 1. The lowest BCUT2D eigenvalue weighted by atomic mass is 10.1. The Morgan fingerprint density at radius 1 is 1.30 bits per heavy atom. The average molecular weight is 334 g/mol. The molecule has 6 nitrogen and oxygen atoms in total. The first-order valence-electron chi connectivity index (χ1n) is 7.70. The molecule has 2 amide bonds. The number of nitrogens with two attached hydrogens (primary N) is 1. The van der Waals surface area contributed by atoms with Gasteiger partial charge in [-0.3, -0.25) is 18.8 Å². The molecule has 0 spiro atoms. The van der Waals surface area contributed by atoms with Crippen molar-refractivity contribution in [2.45, 2.75) is 41.0 Å². The Kier molecular flexibility index (Phi) is 12.2. The second-order valence-electron chi connectivity index (χ2n) is 6.75. The number of primary amides is 1. The smallest absolute Gasteiger partial charge is 0.290 e. The van der Waals surface area contributed by atoms with Gasteiger partial charge in [-0.2, -0.15) is 0 Å². The molecular weight excluding hydrogens is 303 g/mol. The van der Waals surface area contributed by atoms with Gasteiger partial charge in [0.1, 0.15) is 0 Å². The van der Waals surface area contributed by atoms with Gasteiger partial charge in [0.05, 0.1) is 13.1 Å². The van der Waals surface area contributed by atoms with E-state index in [4.69, 9.17) is 14.7 Å². The molecule has 3 N–H and O–H groups in total. The predicted molar refractivity (Wildman–Crippen MR) is 87.4 cm³/mol. The molecule has 2 fully saturated rings. The highest BCUT2D eigenvalue weighted by atomic mass is 19.1. The molecule has 1 aliphatic carbocycles. The number of alkyl halides is 1. The lowest BCUT2D eigenvalue weighted by Crippen LogP contribution is -2.32. The number of likely N-dealkylation sites (tertiary alicyclic amines) is 1. The maximum absolute atomic E-state index is 11.9. The van der Waals surface area contributed by atoms with E-state index in [9.17, 15) is 9.18 Å². The van der Waals surface area contributed by atoms with Gasteiger partial charge >= 0.3 is 0 Å². The van der Waals surface area contributed by atoms with Gasteiger partial charge in [-0.1, -0.05) is 34.6 Å². The molecule has 2 aliphatic rings. The summed E-state index contributed by atoms with van der Waals surface area (Å²) in [6, 6.07) is 0. The Morgan fingerprint density at radius 3 is 1.87 bits per heavy atom. The molecule has 1 heterocycles. The molecule has 0 aromatic rings. The fourth-order valence-corrected chi connectivity index (χ4v) is 2.57. The number of amides is 2. The van der Waals surface area contributed by atoms with E-state index in [0.29, 0.717) is 17.3 Å². The summed E-state index contributed by atoms with van der Waals surface area (Å²) in [5.41, 5.74) is 4.60. The Morgan fingerprint density at radius 2 is 1.61 bits per heavy atom. The van der Waals surface area contributed by atoms with Crippen LogP contribution in [0.15, 0.2) is 0 Å². The molecule has 1 aliphatic heterocycles. The number of carbonyl (C=O) groups excluding carboxylic acids is 2. The largest absolute Gasteiger partial charge is 0.483 e. The Labute approximate surface area is 138 Å². The van der Waals surface area contributed by atoms with Crippen LogP contribution in [0, 0.1) is 23.2 Å². The lowest BCUT2D eigenvalue weighted by Gasteiger charge is -2.21. The highest BCUT2D eigenvalue weighted by molar-refractivity contribution is 5.76. The van der Waals surface area contributed by atoms with E-state index in [-0.39, 0.29) is 25.2 Å². The van der Waals surface area contributed by atoms with Crippen LogP contribution in [0.5, 0.6) is 0 Å². The second-order valence-corrected chi connectivity index (χ2v) is 6.75. The third kappa shape index (κ3) is 9.15. The van der Waals surface area contributed by atoms with Crippen LogP contribution in [0.3, 0.4) is 0 Å². The maximum atomic E-state index is 11.9. The zero-order valence-electron chi connectivity index (χ0n) is 14.8. The number of halogens is 1. The first-order chi connectivity index (χ1) is 10.6. The molecule has 0 aromatic heterocycles. The van der Waals surface area contributed by atoms with Crippen molar-refractivity contribution in [1.29, 1.82) is 0 Å². The van der Waals surface area contributed by atoms with Crippen LogP contribution in [-0.2, 0) is 14.4 Å². The summed E-state index contributed by atoms with van der Waals surface area (Å²) in [5.74, 6) is 2.18. The molecular formula is C16H31FN2O4. The Bertz CT molecular complexity index is 339. The van der Waals surface area contributed by atoms with Crippen molar-refractivity contribution in [3.05, 3.63) is 0 Å². The summed E-state index contributed by atoms with van der Waals surface area (Å²) in [7, 11) is 0. The van der Waals surface area contributed by atoms with Crippen molar-refractivity contribution in [3.8, 4) is 0 Å². The van der Waals surface area contributed by atoms with Crippen molar-refractivity contribution >= 4 is 18.8 Å². The molecule has 0 bridgehead atoms.